The second kappa shape index (κ2) is 6.14. The molecule has 0 aliphatic carbocycles. The molecule has 0 unspecified atom stereocenters. The van der Waals surface area contributed by atoms with Crippen LogP contribution in [0, 0.1) is 11.6 Å². The Labute approximate surface area is 115 Å². The van der Waals surface area contributed by atoms with Gasteiger partial charge in [-0.1, -0.05) is 6.07 Å². The van der Waals surface area contributed by atoms with Crippen molar-refractivity contribution in [1.29, 1.82) is 0 Å². The third-order valence-corrected chi connectivity index (χ3v) is 2.58. The van der Waals surface area contributed by atoms with Crippen molar-refractivity contribution >= 4 is 11.9 Å². The Bertz CT molecular complexity index is 642. The fourth-order valence-electron chi connectivity index (χ4n) is 1.64. The monoisotopic (exact) mass is 277 g/mol. The molecule has 20 heavy (non-hydrogen) atoms. The first-order valence-electron chi connectivity index (χ1n) is 6.05. The van der Waals surface area contributed by atoms with Crippen molar-refractivity contribution in [3.05, 3.63) is 53.6 Å². The number of hydrogen-bond acceptors (Lipinski definition) is 3. The van der Waals surface area contributed by atoms with Gasteiger partial charge in [0, 0.05) is 17.8 Å². The molecule has 2 aromatic carbocycles. The largest absolute Gasteiger partial charge is 0.504 e. The van der Waals surface area contributed by atoms with Gasteiger partial charge in [0.15, 0.2) is 11.5 Å². The van der Waals surface area contributed by atoms with Gasteiger partial charge in [-0.15, -0.1) is 0 Å². The predicted molar refractivity (Wildman–Crippen MR) is 72.9 cm³/mol. The Morgan fingerprint density at radius 3 is 2.80 bits per heavy atom. The molecule has 1 N–H and O–H groups in total. The van der Waals surface area contributed by atoms with Gasteiger partial charge >= 0.3 is 0 Å². The highest BCUT2D eigenvalue weighted by molar-refractivity contribution is 5.86. The minimum Gasteiger partial charge on any atom is -0.504 e. The van der Waals surface area contributed by atoms with Crippen LogP contribution in [0.25, 0.3) is 0 Å². The summed E-state index contributed by atoms with van der Waals surface area (Å²) in [5, 5.41) is 9.94. The second-order valence-corrected chi connectivity index (χ2v) is 3.98. The van der Waals surface area contributed by atoms with Gasteiger partial charge in [0.05, 0.1) is 6.61 Å². The third-order valence-electron chi connectivity index (χ3n) is 2.58. The summed E-state index contributed by atoms with van der Waals surface area (Å²) >= 11 is 0. The molecule has 0 aromatic heterocycles. The number of rotatable bonds is 4. The standard InChI is InChI=1S/C15H13F2NO2/c1-2-20-14-5-3-4-10(15(14)19)9-18-13-8-11(16)6-7-12(13)17/h3-9,19H,2H2,1H3. The molecule has 0 fully saturated rings. The number of phenolic OH excluding ortho intramolecular Hbond substituents is 1. The summed E-state index contributed by atoms with van der Waals surface area (Å²) in [6.07, 6.45) is 1.26. The van der Waals surface area contributed by atoms with Crippen molar-refractivity contribution in [2.75, 3.05) is 6.61 Å². The van der Waals surface area contributed by atoms with E-state index in [1.165, 1.54) is 6.21 Å². The predicted octanol–water partition coefficient (Wildman–Crippen LogP) is 3.82. The van der Waals surface area contributed by atoms with Crippen molar-refractivity contribution in [1.82, 2.24) is 0 Å². The highest BCUT2D eigenvalue weighted by Crippen LogP contribution is 2.29. The van der Waals surface area contributed by atoms with E-state index in [1.54, 1.807) is 25.1 Å². The Hall–Kier alpha value is -2.43. The Morgan fingerprint density at radius 1 is 1.25 bits per heavy atom. The van der Waals surface area contributed by atoms with Crippen LogP contribution in [0.5, 0.6) is 11.5 Å². The van der Waals surface area contributed by atoms with E-state index in [2.05, 4.69) is 4.99 Å². The molecule has 2 rings (SSSR count). The normalized spacial score (nSPS) is 10.9. The number of aromatic hydroxyl groups is 1. The molecule has 0 saturated heterocycles. The van der Waals surface area contributed by atoms with Crippen molar-refractivity contribution in [2.24, 2.45) is 4.99 Å². The molecular formula is C15H13F2NO2. The number of benzene rings is 2. The average Bonchev–Trinajstić information content (AvgIpc) is 2.43. The molecule has 5 heteroatoms. The fourth-order valence-corrected chi connectivity index (χ4v) is 1.64. The summed E-state index contributed by atoms with van der Waals surface area (Å²) < 4.78 is 31.6. The molecule has 0 saturated carbocycles. The van der Waals surface area contributed by atoms with E-state index in [-0.39, 0.29) is 11.4 Å². The maximum absolute atomic E-state index is 13.4. The van der Waals surface area contributed by atoms with E-state index in [0.717, 1.165) is 18.2 Å². The molecule has 0 radical (unpaired) electrons. The first-order chi connectivity index (χ1) is 9.61. The van der Waals surface area contributed by atoms with Gasteiger partial charge in [0.1, 0.15) is 17.3 Å². The smallest absolute Gasteiger partial charge is 0.166 e. The number of halogens is 2. The van der Waals surface area contributed by atoms with E-state index >= 15 is 0 Å². The van der Waals surface area contributed by atoms with Crippen LogP contribution in [-0.2, 0) is 0 Å². The number of phenols is 1. The molecule has 2 aromatic rings. The van der Waals surface area contributed by atoms with E-state index in [1.807, 2.05) is 0 Å². The molecule has 0 spiro atoms. The first-order valence-corrected chi connectivity index (χ1v) is 6.05. The Balaban J connectivity index is 2.32. The van der Waals surface area contributed by atoms with Crippen LogP contribution in [0.4, 0.5) is 14.5 Å². The van der Waals surface area contributed by atoms with Gasteiger partial charge in [-0.25, -0.2) is 8.78 Å². The van der Waals surface area contributed by atoms with Crippen LogP contribution in [-0.4, -0.2) is 17.9 Å². The summed E-state index contributed by atoms with van der Waals surface area (Å²) in [5.41, 5.74) is 0.228. The second-order valence-electron chi connectivity index (χ2n) is 3.98. The highest BCUT2D eigenvalue weighted by atomic mass is 19.1. The lowest BCUT2D eigenvalue weighted by molar-refractivity contribution is 0.318. The van der Waals surface area contributed by atoms with Crippen molar-refractivity contribution < 1.29 is 18.6 Å². The number of ether oxygens (including phenoxy) is 1. The molecule has 0 atom stereocenters. The highest BCUT2D eigenvalue weighted by Gasteiger charge is 2.06. The van der Waals surface area contributed by atoms with Gasteiger partial charge in [-0.3, -0.25) is 4.99 Å². The molecule has 104 valence electrons. The first kappa shape index (κ1) is 14.0. The van der Waals surface area contributed by atoms with E-state index in [9.17, 15) is 13.9 Å². The van der Waals surface area contributed by atoms with E-state index in [4.69, 9.17) is 4.74 Å². The molecule has 0 amide bonds. The maximum Gasteiger partial charge on any atom is 0.166 e. The van der Waals surface area contributed by atoms with E-state index < -0.39 is 11.6 Å². The molecule has 0 heterocycles. The van der Waals surface area contributed by atoms with Crippen molar-refractivity contribution in [2.45, 2.75) is 6.92 Å². The van der Waals surface area contributed by atoms with Crippen LogP contribution in [0.1, 0.15) is 12.5 Å². The molecular weight excluding hydrogens is 264 g/mol. The maximum atomic E-state index is 13.4. The number of nitrogens with zero attached hydrogens (tertiary/aromatic N) is 1. The zero-order chi connectivity index (χ0) is 14.5. The number of para-hydroxylation sites is 1. The van der Waals surface area contributed by atoms with Crippen LogP contribution in [0.15, 0.2) is 41.4 Å². The molecule has 3 nitrogen and oxygen atoms in total. The van der Waals surface area contributed by atoms with Gasteiger partial charge in [-0.05, 0) is 31.2 Å². The van der Waals surface area contributed by atoms with Crippen LogP contribution < -0.4 is 4.74 Å². The molecule has 0 aliphatic rings. The fraction of sp³-hybridized carbons (Fsp3) is 0.133. The average molecular weight is 277 g/mol. The summed E-state index contributed by atoms with van der Waals surface area (Å²) in [4.78, 5) is 3.84. The zero-order valence-electron chi connectivity index (χ0n) is 10.8. The lowest BCUT2D eigenvalue weighted by atomic mass is 10.2. The van der Waals surface area contributed by atoms with Gasteiger partial charge in [0.2, 0.25) is 0 Å². The lowest BCUT2D eigenvalue weighted by Crippen LogP contribution is -1.93. The summed E-state index contributed by atoms with van der Waals surface area (Å²) in [6, 6.07) is 7.88. The Morgan fingerprint density at radius 2 is 2.05 bits per heavy atom. The SMILES string of the molecule is CCOc1cccc(C=Nc2cc(F)ccc2F)c1O. The van der Waals surface area contributed by atoms with Crippen molar-refractivity contribution in [3.63, 3.8) is 0 Å². The lowest BCUT2D eigenvalue weighted by Gasteiger charge is -2.07. The van der Waals surface area contributed by atoms with Gasteiger partial charge in [-0.2, -0.15) is 0 Å². The number of hydrogen-bond donors (Lipinski definition) is 1. The minimum absolute atomic E-state index is 0.0880. The summed E-state index contributed by atoms with van der Waals surface area (Å²) in [6.45, 7) is 2.20. The van der Waals surface area contributed by atoms with E-state index in [0.29, 0.717) is 17.9 Å². The summed E-state index contributed by atoms with van der Waals surface area (Å²) in [5.74, 6) is -0.986. The molecule has 0 aliphatic heterocycles. The minimum atomic E-state index is -0.636. The topological polar surface area (TPSA) is 41.8 Å². The van der Waals surface area contributed by atoms with Crippen LogP contribution >= 0.6 is 0 Å². The Kier molecular flexibility index (Phi) is 4.30. The summed E-state index contributed by atoms with van der Waals surface area (Å²) in [7, 11) is 0. The van der Waals surface area contributed by atoms with Gasteiger partial charge in [0.25, 0.3) is 0 Å². The van der Waals surface area contributed by atoms with Crippen LogP contribution in [0.2, 0.25) is 0 Å². The molecule has 0 bridgehead atoms. The quantitative estimate of drug-likeness (QED) is 0.863. The third kappa shape index (κ3) is 3.12. The van der Waals surface area contributed by atoms with Gasteiger partial charge < -0.3 is 9.84 Å². The number of aliphatic imine (C=N–C) groups is 1. The zero-order valence-corrected chi connectivity index (χ0v) is 10.8. The van der Waals surface area contributed by atoms with Crippen LogP contribution in [0.3, 0.4) is 0 Å². The van der Waals surface area contributed by atoms with Crippen molar-refractivity contribution in [3.8, 4) is 11.5 Å².